The second kappa shape index (κ2) is 9.45. The van der Waals surface area contributed by atoms with Crippen molar-refractivity contribution in [3.63, 3.8) is 0 Å². The highest BCUT2D eigenvalue weighted by Crippen LogP contribution is 2.33. The Morgan fingerprint density at radius 2 is 1.91 bits per heavy atom. The molecule has 34 heavy (non-hydrogen) atoms. The second-order valence-corrected chi connectivity index (χ2v) is 8.86. The number of carbonyl (C=O) groups is 1. The predicted octanol–water partition coefficient (Wildman–Crippen LogP) is 3.76. The third kappa shape index (κ3) is 5.13. The molecule has 1 heterocycles. The van der Waals surface area contributed by atoms with Gasteiger partial charge in [0.1, 0.15) is 18.2 Å². The van der Waals surface area contributed by atoms with Crippen molar-refractivity contribution >= 4 is 27.4 Å². The first-order valence-electron chi connectivity index (χ1n) is 9.79. The molecule has 1 N–H and O–H groups in total. The minimum Gasteiger partial charge on any atom is -0.467 e. The van der Waals surface area contributed by atoms with E-state index in [-0.39, 0.29) is 47.4 Å². The number of ether oxygens (including phenoxy) is 3. The summed E-state index contributed by atoms with van der Waals surface area (Å²) in [5.41, 5.74) is 0.618. The number of carbonyl (C=O) groups excluding carboxylic acids is 1. The van der Waals surface area contributed by atoms with E-state index in [2.05, 4.69) is 4.72 Å². The molecule has 3 aromatic carbocycles. The molecule has 0 radical (unpaired) electrons. The van der Waals surface area contributed by atoms with Gasteiger partial charge in [-0.3, -0.25) is 14.8 Å². The van der Waals surface area contributed by atoms with Crippen LogP contribution in [0.2, 0.25) is 0 Å². The van der Waals surface area contributed by atoms with Gasteiger partial charge in [-0.25, -0.2) is 17.6 Å². The monoisotopic (exact) mass is 488 g/mol. The zero-order valence-corrected chi connectivity index (χ0v) is 18.2. The fourth-order valence-electron chi connectivity index (χ4n) is 3.24. The van der Waals surface area contributed by atoms with Gasteiger partial charge < -0.3 is 14.2 Å². The van der Waals surface area contributed by atoms with E-state index in [1.807, 2.05) is 0 Å². The van der Waals surface area contributed by atoms with Crippen molar-refractivity contribution in [1.82, 2.24) is 0 Å². The Morgan fingerprint density at radius 1 is 1.15 bits per heavy atom. The smallest absolute Gasteiger partial charge is 0.338 e. The molecular formula is C22H17FN2O8S. The molecule has 12 heteroatoms. The maximum Gasteiger partial charge on any atom is 0.338 e. The van der Waals surface area contributed by atoms with Gasteiger partial charge >= 0.3 is 5.97 Å². The second-order valence-electron chi connectivity index (χ2n) is 7.18. The highest BCUT2D eigenvalue weighted by atomic mass is 32.2. The number of fused-ring (bicyclic) bond motifs is 1. The zero-order valence-electron chi connectivity index (χ0n) is 17.4. The summed E-state index contributed by atoms with van der Waals surface area (Å²) < 4.78 is 56.5. The lowest BCUT2D eigenvalue weighted by Crippen LogP contribution is -2.15. The number of esters is 1. The molecule has 0 amide bonds. The van der Waals surface area contributed by atoms with Crippen molar-refractivity contribution in [2.45, 2.75) is 18.1 Å². The summed E-state index contributed by atoms with van der Waals surface area (Å²) in [4.78, 5) is 23.0. The summed E-state index contributed by atoms with van der Waals surface area (Å²) >= 11 is 0. The first-order chi connectivity index (χ1) is 16.2. The van der Waals surface area contributed by atoms with Crippen LogP contribution in [0.25, 0.3) is 0 Å². The van der Waals surface area contributed by atoms with E-state index < -0.39 is 26.7 Å². The average Bonchev–Trinajstić information content (AvgIpc) is 2.83. The predicted molar refractivity (Wildman–Crippen MR) is 116 cm³/mol. The summed E-state index contributed by atoms with van der Waals surface area (Å²) in [5, 5.41) is 11.2. The molecule has 0 bridgehead atoms. The molecule has 0 fully saturated rings. The van der Waals surface area contributed by atoms with Crippen LogP contribution in [-0.4, -0.2) is 26.1 Å². The Hall–Kier alpha value is -4.03. The Balaban J connectivity index is 1.52. The first kappa shape index (κ1) is 23.1. The molecule has 1 aliphatic heterocycles. The molecule has 1 aliphatic rings. The molecular weight excluding hydrogens is 471 g/mol. The number of halogens is 1. The van der Waals surface area contributed by atoms with Gasteiger partial charge in [-0.1, -0.05) is 6.07 Å². The number of anilines is 1. The van der Waals surface area contributed by atoms with E-state index in [1.54, 1.807) is 0 Å². The van der Waals surface area contributed by atoms with Gasteiger partial charge in [0, 0.05) is 28.9 Å². The van der Waals surface area contributed by atoms with Crippen molar-refractivity contribution in [2.75, 3.05) is 11.5 Å². The maximum absolute atomic E-state index is 13.1. The molecule has 0 saturated carbocycles. The maximum atomic E-state index is 13.1. The summed E-state index contributed by atoms with van der Waals surface area (Å²) in [6.07, 6.45) is 0. The van der Waals surface area contributed by atoms with Crippen LogP contribution >= 0.6 is 0 Å². The van der Waals surface area contributed by atoms with Crippen molar-refractivity contribution in [3.8, 4) is 5.75 Å². The number of nitrogens with one attached hydrogen (secondary N) is 1. The number of rotatable bonds is 7. The number of hydrogen-bond acceptors (Lipinski definition) is 8. The Morgan fingerprint density at radius 3 is 2.65 bits per heavy atom. The SMILES string of the molecule is O=C(OCc1cc([N+](=O)[O-])cc2c1OCOC2)c1cccc(S(=O)(=O)Nc2ccc(F)cc2)c1. The van der Waals surface area contributed by atoms with Gasteiger partial charge in [0.05, 0.1) is 22.0 Å². The van der Waals surface area contributed by atoms with Gasteiger partial charge in [-0.15, -0.1) is 0 Å². The van der Waals surface area contributed by atoms with Crippen LogP contribution in [0, 0.1) is 15.9 Å². The molecule has 10 nitrogen and oxygen atoms in total. The highest BCUT2D eigenvalue weighted by molar-refractivity contribution is 7.92. The quantitative estimate of drug-likeness (QED) is 0.302. The van der Waals surface area contributed by atoms with Crippen molar-refractivity contribution in [1.29, 1.82) is 0 Å². The number of benzene rings is 3. The van der Waals surface area contributed by atoms with Gasteiger partial charge in [-0.05, 0) is 42.5 Å². The van der Waals surface area contributed by atoms with E-state index in [0.717, 1.165) is 18.2 Å². The molecule has 176 valence electrons. The molecule has 0 unspecified atom stereocenters. The molecule has 0 aromatic heterocycles. The van der Waals surface area contributed by atoms with Crippen molar-refractivity contribution < 1.29 is 36.7 Å². The number of hydrogen-bond donors (Lipinski definition) is 1. The van der Waals surface area contributed by atoms with Gasteiger partial charge in [-0.2, -0.15) is 0 Å². The minimum absolute atomic E-state index is 0.0489. The summed E-state index contributed by atoms with van der Waals surface area (Å²) in [6, 6.07) is 12.4. The van der Waals surface area contributed by atoms with Crippen LogP contribution in [0.5, 0.6) is 5.75 Å². The van der Waals surface area contributed by atoms with Crippen LogP contribution < -0.4 is 9.46 Å². The molecule has 0 aliphatic carbocycles. The topological polar surface area (TPSA) is 134 Å². The van der Waals surface area contributed by atoms with Crippen LogP contribution in [0.1, 0.15) is 21.5 Å². The van der Waals surface area contributed by atoms with E-state index in [4.69, 9.17) is 14.2 Å². The third-order valence-electron chi connectivity index (χ3n) is 4.82. The van der Waals surface area contributed by atoms with E-state index >= 15 is 0 Å². The Kier molecular flexibility index (Phi) is 6.43. The van der Waals surface area contributed by atoms with Crippen LogP contribution in [0.3, 0.4) is 0 Å². The number of nitro groups is 1. The van der Waals surface area contributed by atoms with Crippen LogP contribution in [0.15, 0.2) is 65.6 Å². The van der Waals surface area contributed by atoms with Crippen molar-refractivity contribution in [2.24, 2.45) is 0 Å². The van der Waals surface area contributed by atoms with Crippen LogP contribution in [-0.2, 0) is 32.7 Å². The summed E-state index contributed by atoms with van der Waals surface area (Å²) in [5.74, 6) is -1.02. The lowest BCUT2D eigenvalue weighted by molar-refractivity contribution is -0.385. The van der Waals surface area contributed by atoms with Gasteiger partial charge in [0.15, 0.2) is 6.79 Å². The molecule has 3 aromatic rings. The van der Waals surface area contributed by atoms with Gasteiger partial charge in [0.2, 0.25) is 0 Å². The minimum atomic E-state index is -4.07. The highest BCUT2D eigenvalue weighted by Gasteiger charge is 2.23. The fourth-order valence-corrected chi connectivity index (χ4v) is 4.35. The summed E-state index contributed by atoms with van der Waals surface area (Å²) in [7, 11) is -4.07. The third-order valence-corrected chi connectivity index (χ3v) is 6.20. The van der Waals surface area contributed by atoms with Crippen LogP contribution in [0.4, 0.5) is 15.8 Å². The number of non-ortho nitro benzene ring substituents is 1. The van der Waals surface area contributed by atoms with Gasteiger partial charge in [0.25, 0.3) is 15.7 Å². The standard InChI is InChI=1S/C22H17FN2O8S/c23-17-4-6-18(7-5-17)24-34(29,30)20-3-1-2-14(10-20)22(26)32-12-16-9-19(25(27)28)8-15-11-31-13-33-21(15)16/h1-10,24H,11-13H2. The largest absolute Gasteiger partial charge is 0.467 e. The molecule has 4 rings (SSSR count). The average molecular weight is 488 g/mol. The number of nitrogens with zero attached hydrogens (tertiary/aromatic N) is 1. The first-order valence-corrected chi connectivity index (χ1v) is 11.3. The fraction of sp³-hybridized carbons (Fsp3) is 0.136. The zero-order chi connectivity index (χ0) is 24.3. The van der Waals surface area contributed by atoms with E-state index in [0.29, 0.717) is 11.3 Å². The van der Waals surface area contributed by atoms with Crippen molar-refractivity contribution in [3.05, 3.63) is 93.3 Å². The molecule has 0 spiro atoms. The normalized spacial score (nSPS) is 12.9. The number of nitro benzene ring substituents is 1. The van der Waals surface area contributed by atoms with E-state index in [1.165, 1.54) is 42.5 Å². The Bertz CT molecular complexity index is 1360. The molecule has 0 saturated heterocycles. The van der Waals surface area contributed by atoms with E-state index in [9.17, 15) is 27.7 Å². The Labute approximate surface area is 193 Å². The number of sulfonamides is 1. The summed E-state index contributed by atoms with van der Waals surface area (Å²) in [6.45, 7) is -0.278. The lowest BCUT2D eigenvalue weighted by atomic mass is 10.1. The lowest BCUT2D eigenvalue weighted by Gasteiger charge is -2.20. The molecule has 0 atom stereocenters.